The number of benzene rings is 1. The van der Waals surface area contributed by atoms with Gasteiger partial charge in [0.1, 0.15) is 18.2 Å². The summed E-state index contributed by atoms with van der Waals surface area (Å²) in [7, 11) is 0. The number of hydrogen-bond donors (Lipinski definition) is 1. The molecular weight excluding hydrogens is 238 g/mol. The van der Waals surface area contributed by atoms with Gasteiger partial charge in [-0.15, -0.1) is 11.6 Å². The molecule has 1 aliphatic carbocycles. The highest BCUT2D eigenvalue weighted by molar-refractivity contribution is 6.27. The predicted octanol–water partition coefficient (Wildman–Crippen LogP) is 1.91. The Balaban J connectivity index is 1.78. The lowest BCUT2D eigenvalue weighted by Gasteiger charge is -2.08. The first-order valence-corrected chi connectivity index (χ1v) is 6.40. The molecule has 1 aliphatic rings. The lowest BCUT2D eigenvalue weighted by atomic mass is 10.1. The van der Waals surface area contributed by atoms with Crippen molar-refractivity contribution >= 4 is 17.5 Å². The fourth-order valence-electron chi connectivity index (χ4n) is 2.04. The Hall–Kier alpha value is -1.22. The molecule has 0 spiro atoms. The van der Waals surface area contributed by atoms with Crippen LogP contribution in [0.1, 0.15) is 17.5 Å². The van der Waals surface area contributed by atoms with Crippen LogP contribution in [0.2, 0.25) is 0 Å². The van der Waals surface area contributed by atoms with Crippen LogP contribution in [0.3, 0.4) is 0 Å². The van der Waals surface area contributed by atoms with E-state index in [1.807, 2.05) is 6.07 Å². The maximum absolute atomic E-state index is 10.9. The van der Waals surface area contributed by atoms with Crippen molar-refractivity contribution in [1.82, 2.24) is 5.32 Å². The second-order valence-corrected chi connectivity index (χ2v) is 4.38. The molecule has 4 heteroatoms. The molecule has 1 N–H and O–H groups in total. The Morgan fingerprint density at radius 2 is 2.18 bits per heavy atom. The van der Waals surface area contributed by atoms with E-state index in [9.17, 15) is 4.79 Å². The van der Waals surface area contributed by atoms with Crippen molar-refractivity contribution in [3.05, 3.63) is 29.3 Å². The van der Waals surface area contributed by atoms with Crippen LogP contribution in [0.4, 0.5) is 0 Å². The second-order valence-electron chi connectivity index (χ2n) is 4.12. The van der Waals surface area contributed by atoms with Crippen LogP contribution >= 0.6 is 11.6 Å². The maximum Gasteiger partial charge on any atom is 0.235 e. The summed E-state index contributed by atoms with van der Waals surface area (Å²) in [6, 6.07) is 6.23. The minimum absolute atomic E-state index is 0.00115. The van der Waals surface area contributed by atoms with Crippen LogP contribution in [-0.2, 0) is 17.6 Å². The minimum Gasteiger partial charge on any atom is -0.492 e. The van der Waals surface area contributed by atoms with Crippen molar-refractivity contribution < 1.29 is 9.53 Å². The SMILES string of the molecule is O=C(CCl)NCCOc1ccc2c(c1)CCC2. The molecule has 0 bridgehead atoms. The standard InChI is InChI=1S/C13H16ClNO2/c14-9-13(16)15-6-7-17-12-5-4-10-2-1-3-11(10)8-12/h4-5,8H,1-3,6-7,9H2,(H,15,16). The first-order chi connectivity index (χ1) is 8.29. The number of fused-ring (bicyclic) bond motifs is 1. The zero-order valence-corrected chi connectivity index (χ0v) is 10.4. The number of carbonyl (C=O) groups excluding carboxylic acids is 1. The van der Waals surface area contributed by atoms with E-state index < -0.39 is 0 Å². The van der Waals surface area contributed by atoms with Crippen molar-refractivity contribution in [3.63, 3.8) is 0 Å². The van der Waals surface area contributed by atoms with Crippen LogP contribution in [0.15, 0.2) is 18.2 Å². The number of hydrogen-bond acceptors (Lipinski definition) is 2. The zero-order chi connectivity index (χ0) is 12.1. The molecule has 0 atom stereocenters. The van der Waals surface area contributed by atoms with Crippen LogP contribution in [0.5, 0.6) is 5.75 Å². The molecular formula is C13H16ClNO2. The molecule has 3 nitrogen and oxygen atoms in total. The molecule has 0 fully saturated rings. The van der Waals surface area contributed by atoms with Crippen molar-refractivity contribution in [2.24, 2.45) is 0 Å². The summed E-state index contributed by atoms with van der Waals surface area (Å²) in [5, 5.41) is 2.66. The van der Waals surface area contributed by atoms with Gasteiger partial charge in [0, 0.05) is 0 Å². The van der Waals surface area contributed by atoms with Gasteiger partial charge in [-0.25, -0.2) is 0 Å². The number of amides is 1. The van der Waals surface area contributed by atoms with Gasteiger partial charge in [0.2, 0.25) is 5.91 Å². The smallest absolute Gasteiger partial charge is 0.235 e. The molecule has 92 valence electrons. The van der Waals surface area contributed by atoms with E-state index in [1.165, 1.54) is 24.0 Å². The lowest BCUT2D eigenvalue weighted by molar-refractivity contribution is -0.118. The molecule has 0 saturated heterocycles. The normalized spacial score (nSPS) is 13.2. The molecule has 0 unspecified atom stereocenters. The highest BCUT2D eigenvalue weighted by Gasteiger charge is 2.10. The van der Waals surface area contributed by atoms with Gasteiger partial charge >= 0.3 is 0 Å². The summed E-state index contributed by atoms with van der Waals surface area (Å²) < 4.78 is 5.57. The quantitative estimate of drug-likeness (QED) is 0.643. The number of halogens is 1. The van der Waals surface area contributed by atoms with Gasteiger partial charge in [-0.2, -0.15) is 0 Å². The summed E-state index contributed by atoms with van der Waals surface area (Å²) in [5.41, 5.74) is 2.83. The van der Waals surface area contributed by atoms with Crippen LogP contribution in [-0.4, -0.2) is 24.9 Å². The van der Waals surface area contributed by atoms with E-state index in [4.69, 9.17) is 16.3 Å². The van der Waals surface area contributed by atoms with Gasteiger partial charge in [-0.1, -0.05) is 6.07 Å². The minimum atomic E-state index is -0.163. The van der Waals surface area contributed by atoms with E-state index in [0.29, 0.717) is 13.2 Å². The third kappa shape index (κ3) is 3.37. The highest BCUT2D eigenvalue weighted by atomic mass is 35.5. The van der Waals surface area contributed by atoms with Gasteiger partial charge < -0.3 is 10.1 Å². The van der Waals surface area contributed by atoms with Crippen molar-refractivity contribution in [1.29, 1.82) is 0 Å². The first-order valence-electron chi connectivity index (χ1n) is 5.87. The first kappa shape index (κ1) is 12.2. The fourth-order valence-corrected chi connectivity index (χ4v) is 2.14. The Morgan fingerprint density at radius 3 is 3.00 bits per heavy atom. The molecule has 1 aromatic rings. The predicted molar refractivity (Wildman–Crippen MR) is 67.7 cm³/mol. The van der Waals surface area contributed by atoms with Crippen LogP contribution < -0.4 is 10.1 Å². The van der Waals surface area contributed by atoms with E-state index in [-0.39, 0.29) is 11.8 Å². The Kier molecular flexibility index (Phi) is 4.26. The summed E-state index contributed by atoms with van der Waals surface area (Å²) >= 11 is 5.36. The van der Waals surface area contributed by atoms with Gasteiger partial charge in [0.15, 0.2) is 0 Å². The molecule has 0 radical (unpaired) electrons. The Morgan fingerprint density at radius 1 is 1.35 bits per heavy atom. The lowest BCUT2D eigenvalue weighted by Crippen LogP contribution is -2.28. The van der Waals surface area contributed by atoms with E-state index >= 15 is 0 Å². The number of rotatable bonds is 5. The molecule has 0 heterocycles. The number of carbonyl (C=O) groups is 1. The average Bonchev–Trinajstić information content (AvgIpc) is 2.81. The largest absolute Gasteiger partial charge is 0.492 e. The van der Waals surface area contributed by atoms with Crippen molar-refractivity contribution in [3.8, 4) is 5.75 Å². The Bertz CT molecular complexity index is 406. The highest BCUT2D eigenvalue weighted by Crippen LogP contribution is 2.25. The molecule has 0 aromatic heterocycles. The van der Waals surface area contributed by atoms with Gasteiger partial charge in [-0.05, 0) is 42.5 Å². The molecule has 2 rings (SSSR count). The summed E-state index contributed by atoms with van der Waals surface area (Å²) in [5.74, 6) is 0.716. The number of alkyl halides is 1. The monoisotopic (exact) mass is 253 g/mol. The van der Waals surface area contributed by atoms with E-state index in [1.54, 1.807) is 0 Å². The topological polar surface area (TPSA) is 38.3 Å². The Labute approximate surface area is 106 Å². The zero-order valence-electron chi connectivity index (χ0n) is 9.67. The maximum atomic E-state index is 10.9. The average molecular weight is 254 g/mol. The van der Waals surface area contributed by atoms with E-state index in [0.717, 1.165) is 12.2 Å². The van der Waals surface area contributed by atoms with Crippen LogP contribution in [0.25, 0.3) is 0 Å². The molecule has 0 aliphatic heterocycles. The third-order valence-corrected chi connectivity index (χ3v) is 3.13. The van der Waals surface area contributed by atoms with Gasteiger partial charge in [-0.3, -0.25) is 4.79 Å². The molecule has 0 saturated carbocycles. The number of ether oxygens (including phenoxy) is 1. The number of aryl methyl sites for hydroxylation is 2. The van der Waals surface area contributed by atoms with Gasteiger partial charge in [0.25, 0.3) is 0 Å². The van der Waals surface area contributed by atoms with Crippen molar-refractivity contribution in [2.75, 3.05) is 19.0 Å². The molecule has 1 aromatic carbocycles. The van der Waals surface area contributed by atoms with Crippen LogP contribution in [0, 0.1) is 0 Å². The summed E-state index contributed by atoms with van der Waals surface area (Å²) in [4.78, 5) is 10.9. The van der Waals surface area contributed by atoms with Gasteiger partial charge in [0.05, 0.1) is 6.54 Å². The number of nitrogens with one attached hydrogen (secondary N) is 1. The summed E-state index contributed by atoms with van der Waals surface area (Å²) in [6.07, 6.45) is 3.57. The fraction of sp³-hybridized carbons (Fsp3) is 0.462. The third-order valence-electron chi connectivity index (χ3n) is 2.88. The van der Waals surface area contributed by atoms with Crippen molar-refractivity contribution in [2.45, 2.75) is 19.3 Å². The molecule has 17 heavy (non-hydrogen) atoms. The molecule has 1 amide bonds. The second kappa shape index (κ2) is 5.92. The summed E-state index contributed by atoms with van der Waals surface area (Å²) in [6.45, 7) is 0.962. The van der Waals surface area contributed by atoms with E-state index in [2.05, 4.69) is 17.4 Å².